The van der Waals surface area contributed by atoms with Crippen molar-refractivity contribution in [2.75, 3.05) is 20.1 Å². The molecule has 0 spiro atoms. The number of ketones is 1. The molecule has 13 nitrogen and oxygen atoms in total. The van der Waals surface area contributed by atoms with Gasteiger partial charge in [-0.05, 0) is 53.1 Å². The van der Waals surface area contributed by atoms with Crippen molar-refractivity contribution in [1.82, 2.24) is 25.2 Å². The number of urea groups is 1. The number of likely N-dealkylation sites (tertiary alicyclic amines) is 1. The highest BCUT2D eigenvalue weighted by Gasteiger charge is 2.70. The Morgan fingerprint density at radius 2 is 1.66 bits per heavy atom. The van der Waals surface area contributed by atoms with Crippen LogP contribution in [0.15, 0.2) is 35.2 Å². The van der Waals surface area contributed by atoms with Gasteiger partial charge in [-0.3, -0.25) is 19.2 Å². The van der Waals surface area contributed by atoms with E-state index in [4.69, 9.17) is 5.73 Å². The van der Waals surface area contributed by atoms with Gasteiger partial charge in [0, 0.05) is 26.2 Å². The Labute approximate surface area is 296 Å². The lowest BCUT2D eigenvalue weighted by atomic mass is 9.80. The summed E-state index contributed by atoms with van der Waals surface area (Å²) in [6.07, 6.45) is 3.81. The molecule has 1 aromatic carbocycles. The number of piperidine rings is 1. The first-order chi connectivity index (χ1) is 23.2. The van der Waals surface area contributed by atoms with E-state index in [1.165, 1.54) is 28.4 Å². The molecular weight excluding hydrogens is 660 g/mol. The summed E-state index contributed by atoms with van der Waals surface area (Å²) in [5, 5.41) is 8.57. The van der Waals surface area contributed by atoms with Gasteiger partial charge in [0.2, 0.25) is 27.6 Å². The predicted molar refractivity (Wildman–Crippen MR) is 189 cm³/mol. The van der Waals surface area contributed by atoms with Gasteiger partial charge in [0.1, 0.15) is 12.1 Å². The molecule has 2 saturated carbocycles. The van der Waals surface area contributed by atoms with E-state index in [0.29, 0.717) is 19.4 Å². The topological polar surface area (TPSA) is 188 Å². The zero-order valence-corrected chi connectivity index (χ0v) is 31.5. The number of carbonyl (C=O) groups excluding carboxylic acids is 5. The molecule has 278 valence electrons. The highest BCUT2D eigenvalue weighted by Crippen LogP contribution is 2.65. The number of nitrogens with two attached hydrogens (primary N) is 1. The Morgan fingerprint density at radius 1 is 1.04 bits per heavy atom. The van der Waals surface area contributed by atoms with Gasteiger partial charge in [0.15, 0.2) is 0 Å². The number of sulfonamides is 1. The second-order valence-electron chi connectivity index (χ2n) is 16.2. The van der Waals surface area contributed by atoms with E-state index in [-0.39, 0.29) is 40.5 Å². The number of nitrogens with zero attached hydrogens (tertiary/aromatic N) is 2. The predicted octanol–water partition coefficient (Wildman–Crippen LogP) is 2.65. The van der Waals surface area contributed by atoms with Crippen molar-refractivity contribution >= 4 is 39.6 Å². The van der Waals surface area contributed by atoms with Crippen molar-refractivity contribution in [2.24, 2.45) is 40.2 Å². The molecule has 3 fully saturated rings. The molecule has 5 N–H and O–H groups in total. The van der Waals surface area contributed by atoms with E-state index in [1.54, 1.807) is 18.2 Å². The maximum absolute atomic E-state index is 14.4. The number of carbonyl (C=O) groups is 5. The lowest BCUT2D eigenvalue weighted by Gasteiger charge is -2.38. The summed E-state index contributed by atoms with van der Waals surface area (Å²) >= 11 is 0. The van der Waals surface area contributed by atoms with Crippen molar-refractivity contribution in [2.45, 2.75) is 110 Å². The van der Waals surface area contributed by atoms with E-state index in [2.05, 4.69) is 16.0 Å². The van der Waals surface area contributed by atoms with Crippen LogP contribution in [-0.2, 0) is 29.2 Å². The number of amides is 5. The number of likely N-dealkylation sites (N-methyl/N-ethyl adjacent to an activating group) is 1. The molecule has 1 heterocycles. The average Bonchev–Trinajstić information content (AvgIpc) is 3.33. The van der Waals surface area contributed by atoms with Crippen molar-refractivity contribution < 1.29 is 32.4 Å². The van der Waals surface area contributed by atoms with Crippen molar-refractivity contribution in [3.05, 3.63) is 30.3 Å². The van der Waals surface area contributed by atoms with Crippen LogP contribution >= 0.6 is 0 Å². The number of rotatable bonds is 15. The zero-order chi connectivity index (χ0) is 37.3. The van der Waals surface area contributed by atoms with E-state index < -0.39 is 69.1 Å². The first kappa shape index (κ1) is 39.3. The molecule has 1 aliphatic heterocycles. The Balaban J connectivity index is 1.52. The minimum absolute atomic E-state index is 0.00659. The number of fused-ring (bicyclic) bond motifs is 1. The number of nitrogens with one attached hydrogen (secondary N) is 3. The van der Waals surface area contributed by atoms with E-state index >= 15 is 0 Å². The second-order valence-corrected chi connectivity index (χ2v) is 18.3. The summed E-state index contributed by atoms with van der Waals surface area (Å²) in [5.74, 6) is -2.91. The van der Waals surface area contributed by atoms with Crippen LogP contribution in [0, 0.1) is 34.5 Å². The van der Waals surface area contributed by atoms with Crippen LogP contribution in [0.25, 0.3) is 0 Å². The first-order valence-corrected chi connectivity index (χ1v) is 19.2. The monoisotopic (exact) mass is 716 g/mol. The Morgan fingerprint density at radius 3 is 2.18 bits per heavy atom. The van der Waals surface area contributed by atoms with Gasteiger partial charge in [-0.2, -0.15) is 4.31 Å². The highest BCUT2D eigenvalue weighted by atomic mass is 32.2. The van der Waals surface area contributed by atoms with Crippen LogP contribution in [0.5, 0.6) is 0 Å². The lowest BCUT2D eigenvalue weighted by Crippen LogP contribution is -2.62. The average molecular weight is 717 g/mol. The van der Waals surface area contributed by atoms with Gasteiger partial charge >= 0.3 is 6.03 Å². The summed E-state index contributed by atoms with van der Waals surface area (Å²) in [6.45, 7) is 13.7. The molecule has 1 saturated heterocycles. The van der Waals surface area contributed by atoms with Gasteiger partial charge in [-0.15, -0.1) is 0 Å². The van der Waals surface area contributed by atoms with Gasteiger partial charge in [-0.25, -0.2) is 13.2 Å². The van der Waals surface area contributed by atoms with Crippen LogP contribution in [-0.4, -0.2) is 91.5 Å². The van der Waals surface area contributed by atoms with Gasteiger partial charge < -0.3 is 26.6 Å². The fourth-order valence-corrected chi connectivity index (χ4v) is 8.71. The van der Waals surface area contributed by atoms with Crippen LogP contribution in [0.2, 0.25) is 0 Å². The third-order valence-electron chi connectivity index (χ3n) is 11.4. The van der Waals surface area contributed by atoms with Gasteiger partial charge in [0.05, 0.1) is 10.9 Å². The second kappa shape index (κ2) is 15.0. The maximum atomic E-state index is 14.4. The van der Waals surface area contributed by atoms with Crippen LogP contribution in [0.4, 0.5) is 4.79 Å². The molecule has 50 heavy (non-hydrogen) atoms. The SMILES string of the molecule is CC[C@H](C)[C@@H](CN(C)S(=O)(=O)c1ccccc1)NC(=O)N[C@H](C(=O)N1C[C@H]2[C@@H]([C@H]1C(=O)NC(CC1CCC1)C(=O)C(N)=O)C2(C)C)C(C)(C)C. The normalized spacial score (nSPS) is 23.9. The number of hydrogen-bond donors (Lipinski definition) is 4. The van der Waals surface area contributed by atoms with E-state index in [0.717, 1.165) is 19.3 Å². The summed E-state index contributed by atoms with van der Waals surface area (Å²) in [6, 6.07) is 3.86. The molecular formula is C36H56N6O7S. The molecule has 4 rings (SSSR count). The molecule has 1 aromatic rings. The van der Waals surface area contributed by atoms with E-state index in [1.807, 2.05) is 48.5 Å². The fraction of sp³-hybridized carbons (Fsp3) is 0.694. The molecule has 14 heteroatoms. The van der Waals surface area contributed by atoms with Crippen LogP contribution in [0.1, 0.15) is 80.6 Å². The minimum atomic E-state index is -3.82. The highest BCUT2D eigenvalue weighted by molar-refractivity contribution is 7.89. The van der Waals surface area contributed by atoms with Crippen molar-refractivity contribution in [1.29, 1.82) is 0 Å². The van der Waals surface area contributed by atoms with Crippen molar-refractivity contribution in [3.63, 3.8) is 0 Å². The van der Waals surface area contributed by atoms with Gasteiger partial charge in [0.25, 0.3) is 5.91 Å². The number of Topliss-reactive ketones (excluding diaryl/α,β-unsaturated/α-hetero) is 1. The minimum Gasteiger partial charge on any atom is -0.363 e. The van der Waals surface area contributed by atoms with Crippen LogP contribution < -0.4 is 21.7 Å². The molecule has 3 aliphatic rings. The summed E-state index contributed by atoms with van der Waals surface area (Å²) in [4.78, 5) is 68.3. The van der Waals surface area contributed by atoms with Crippen LogP contribution in [0.3, 0.4) is 0 Å². The number of hydrogen-bond acceptors (Lipinski definition) is 7. The lowest BCUT2D eigenvalue weighted by molar-refractivity contribution is -0.145. The Bertz CT molecular complexity index is 1560. The quantitative estimate of drug-likeness (QED) is 0.201. The van der Waals surface area contributed by atoms with Gasteiger partial charge in [-0.1, -0.05) is 92.3 Å². The first-order valence-electron chi connectivity index (χ1n) is 17.7. The third kappa shape index (κ3) is 8.33. The molecule has 1 unspecified atom stereocenters. The number of benzene rings is 1. The standard InChI is InChI=1S/C36H56N6O7S/c1-9-21(2)26(20-41(8)50(48,49)23-16-11-10-12-17-23)39-34(47)40-30(35(3,4)5)33(46)42-19-24-27(36(24,6)7)28(42)32(45)38-25(29(43)31(37)44)18-22-14-13-15-22/h10-12,16-17,21-22,24-28,30H,9,13-15,18-20H2,1-8H3,(H2,37,44)(H,38,45)(H2,39,40,47)/t21-,24-,25?,26+,27-,28-,30+/m0/s1. The molecule has 0 aromatic heterocycles. The molecule has 5 amide bonds. The molecule has 2 aliphatic carbocycles. The Hall–Kier alpha value is -3.52. The smallest absolute Gasteiger partial charge is 0.315 e. The molecule has 0 radical (unpaired) electrons. The third-order valence-corrected chi connectivity index (χ3v) is 13.2. The summed E-state index contributed by atoms with van der Waals surface area (Å²) < 4.78 is 27.7. The molecule has 0 bridgehead atoms. The largest absolute Gasteiger partial charge is 0.363 e. The molecule has 7 atom stereocenters. The summed E-state index contributed by atoms with van der Waals surface area (Å²) in [7, 11) is -2.35. The number of primary amides is 1. The van der Waals surface area contributed by atoms with E-state index in [9.17, 15) is 32.4 Å². The zero-order valence-electron chi connectivity index (χ0n) is 30.7. The summed E-state index contributed by atoms with van der Waals surface area (Å²) in [5.41, 5.74) is 4.36. The maximum Gasteiger partial charge on any atom is 0.315 e. The van der Waals surface area contributed by atoms with Crippen molar-refractivity contribution in [3.8, 4) is 0 Å². The Kier molecular flexibility index (Phi) is 11.8. The fourth-order valence-electron chi connectivity index (χ4n) is 7.49.